The van der Waals surface area contributed by atoms with E-state index in [9.17, 15) is 9.18 Å². The normalized spacial score (nSPS) is 10.7. The molecule has 0 saturated carbocycles. The first kappa shape index (κ1) is 20.6. The Balaban J connectivity index is 1.53. The number of hydrogen-bond acceptors (Lipinski definition) is 5. The van der Waals surface area contributed by atoms with Gasteiger partial charge in [0, 0.05) is 23.3 Å². The fourth-order valence-corrected chi connectivity index (χ4v) is 3.34. The molecule has 0 atom stereocenters. The first-order valence-electron chi connectivity index (χ1n) is 8.06. The summed E-state index contributed by atoms with van der Waals surface area (Å²) in [5.41, 5.74) is 0.721. The molecule has 146 valence electrons. The van der Waals surface area contributed by atoms with Crippen LogP contribution in [0.1, 0.15) is 5.82 Å². The third-order valence-electron chi connectivity index (χ3n) is 3.64. The smallest absolute Gasteiger partial charge is 0.234 e. The number of anilines is 1. The van der Waals surface area contributed by atoms with E-state index in [1.807, 2.05) is 24.3 Å². The average Bonchev–Trinajstić information content (AvgIpc) is 3.03. The molecule has 0 spiro atoms. The van der Waals surface area contributed by atoms with E-state index < -0.39 is 5.82 Å². The molecule has 3 aromatic rings. The van der Waals surface area contributed by atoms with Crippen molar-refractivity contribution in [2.24, 2.45) is 7.05 Å². The van der Waals surface area contributed by atoms with Gasteiger partial charge in [0.15, 0.2) is 11.0 Å². The van der Waals surface area contributed by atoms with Gasteiger partial charge in [-0.05, 0) is 36.4 Å². The topological polar surface area (TPSA) is 69.0 Å². The van der Waals surface area contributed by atoms with Crippen LogP contribution in [0.3, 0.4) is 0 Å². The fourth-order valence-electron chi connectivity index (χ4n) is 2.17. The van der Waals surface area contributed by atoms with Crippen LogP contribution in [-0.2, 0) is 18.4 Å². The van der Waals surface area contributed by atoms with E-state index in [4.69, 9.17) is 16.3 Å². The van der Waals surface area contributed by atoms with Crippen molar-refractivity contribution < 1.29 is 13.9 Å². The number of thioether (sulfide) groups is 1. The highest BCUT2D eigenvalue weighted by atomic mass is 79.9. The average molecular weight is 486 g/mol. The minimum absolute atomic E-state index is 0.0107. The number of benzene rings is 2. The van der Waals surface area contributed by atoms with Gasteiger partial charge in [0.1, 0.15) is 18.2 Å². The molecule has 0 aliphatic rings. The molecule has 0 unspecified atom stereocenters. The molecule has 1 amide bonds. The predicted octanol–water partition coefficient (Wildman–Crippen LogP) is 4.68. The summed E-state index contributed by atoms with van der Waals surface area (Å²) < 4.78 is 21.4. The lowest BCUT2D eigenvalue weighted by atomic mass is 10.3. The van der Waals surface area contributed by atoms with Gasteiger partial charge in [0.05, 0.1) is 10.8 Å². The zero-order chi connectivity index (χ0) is 20.1. The highest BCUT2D eigenvalue weighted by Crippen LogP contribution is 2.22. The standard InChI is InChI=1S/C18H15BrClFN4O2S/c1-25-16(9-27-13-6-7-15(21)14(20)8-13)23-24-18(25)28-10-17(26)22-12-4-2-11(19)3-5-12/h2-8H,9-10H2,1H3,(H,22,26). The zero-order valence-electron chi connectivity index (χ0n) is 14.7. The van der Waals surface area contributed by atoms with Crippen molar-refractivity contribution in [1.82, 2.24) is 14.8 Å². The number of amides is 1. The van der Waals surface area contributed by atoms with Crippen molar-refractivity contribution in [3.05, 3.63) is 63.6 Å². The Hall–Kier alpha value is -2.10. The Morgan fingerprint density at radius 2 is 2.04 bits per heavy atom. The van der Waals surface area contributed by atoms with Gasteiger partial charge in [0.25, 0.3) is 0 Å². The van der Waals surface area contributed by atoms with Crippen LogP contribution >= 0.6 is 39.3 Å². The van der Waals surface area contributed by atoms with Gasteiger partial charge < -0.3 is 14.6 Å². The molecule has 1 N–H and O–H groups in total. The second kappa shape index (κ2) is 9.40. The number of carbonyl (C=O) groups is 1. The molecule has 0 bridgehead atoms. The summed E-state index contributed by atoms with van der Waals surface area (Å²) in [6, 6.07) is 11.4. The van der Waals surface area contributed by atoms with E-state index in [0.717, 1.165) is 10.2 Å². The summed E-state index contributed by atoms with van der Waals surface area (Å²) in [5.74, 6) is 0.534. The van der Waals surface area contributed by atoms with E-state index in [1.54, 1.807) is 11.6 Å². The quantitative estimate of drug-likeness (QED) is 0.492. The van der Waals surface area contributed by atoms with Gasteiger partial charge in [-0.1, -0.05) is 39.3 Å². The molecule has 0 aliphatic carbocycles. The first-order chi connectivity index (χ1) is 13.4. The van der Waals surface area contributed by atoms with Crippen LogP contribution in [-0.4, -0.2) is 26.4 Å². The zero-order valence-corrected chi connectivity index (χ0v) is 17.8. The van der Waals surface area contributed by atoms with Crippen molar-refractivity contribution >= 4 is 50.9 Å². The van der Waals surface area contributed by atoms with Crippen molar-refractivity contribution in [2.75, 3.05) is 11.1 Å². The minimum Gasteiger partial charge on any atom is -0.486 e. The number of nitrogens with one attached hydrogen (secondary N) is 1. The number of nitrogens with zero attached hydrogens (tertiary/aromatic N) is 3. The van der Waals surface area contributed by atoms with E-state index >= 15 is 0 Å². The van der Waals surface area contributed by atoms with E-state index in [1.165, 1.54) is 30.0 Å². The summed E-state index contributed by atoms with van der Waals surface area (Å²) >= 11 is 10.4. The molecule has 0 fully saturated rings. The van der Waals surface area contributed by atoms with Crippen LogP contribution in [0.15, 0.2) is 52.1 Å². The third-order valence-corrected chi connectivity index (χ3v) is 5.48. The van der Waals surface area contributed by atoms with Gasteiger partial charge in [-0.25, -0.2) is 4.39 Å². The van der Waals surface area contributed by atoms with Gasteiger partial charge >= 0.3 is 0 Å². The number of ether oxygens (including phenoxy) is 1. The molecule has 10 heteroatoms. The fraction of sp³-hybridized carbons (Fsp3) is 0.167. The van der Waals surface area contributed by atoms with Crippen LogP contribution in [0.25, 0.3) is 0 Å². The monoisotopic (exact) mass is 484 g/mol. The maximum absolute atomic E-state index is 13.2. The van der Waals surface area contributed by atoms with Crippen LogP contribution in [0.4, 0.5) is 10.1 Å². The molecule has 1 aromatic heterocycles. The molecule has 0 saturated heterocycles. The predicted molar refractivity (Wildman–Crippen MR) is 110 cm³/mol. The van der Waals surface area contributed by atoms with Crippen LogP contribution in [0.5, 0.6) is 5.75 Å². The molecule has 3 rings (SSSR count). The van der Waals surface area contributed by atoms with Crippen LogP contribution in [0, 0.1) is 5.82 Å². The molecule has 28 heavy (non-hydrogen) atoms. The maximum atomic E-state index is 13.2. The number of hydrogen-bond donors (Lipinski definition) is 1. The maximum Gasteiger partial charge on any atom is 0.234 e. The van der Waals surface area contributed by atoms with Crippen molar-refractivity contribution in [1.29, 1.82) is 0 Å². The summed E-state index contributed by atoms with van der Waals surface area (Å²) in [6.45, 7) is 0.136. The number of rotatable bonds is 7. The Morgan fingerprint density at radius 3 is 2.75 bits per heavy atom. The van der Waals surface area contributed by atoms with E-state index in [-0.39, 0.29) is 23.3 Å². The second-order valence-corrected chi connectivity index (χ2v) is 7.93. The first-order valence-corrected chi connectivity index (χ1v) is 10.2. The highest BCUT2D eigenvalue weighted by molar-refractivity contribution is 9.10. The Labute approximate surface area is 178 Å². The molecule has 1 heterocycles. The number of aromatic nitrogens is 3. The Kier molecular flexibility index (Phi) is 6.93. The van der Waals surface area contributed by atoms with Crippen molar-refractivity contribution in [2.45, 2.75) is 11.8 Å². The Morgan fingerprint density at radius 1 is 1.29 bits per heavy atom. The number of halogens is 3. The lowest BCUT2D eigenvalue weighted by Gasteiger charge is -2.07. The molecule has 6 nitrogen and oxygen atoms in total. The molecular formula is C18H15BrClFN4O2S. The van der Waals surface area contributed by atoms with Crippen LogP contribution < -0.4 is 10.1 Å². The van der Waals surface area contributed by atoms with Crippen molar-refractivity contribution in [3.63, 3.8) is 0 Å². The van der Waals surface area contributed by atoms with Gasteiger partial charge in [-0.2, -0.15) is 0 Å². The van der Waals surface area contributed by atoms with Gasteiger partial charge in [-0.3, -0.25) is 4.79 Å². The lowest BCUT2D eigenvalue weighted by Crippen LogP contribution is -2.14. The van der Waals surface area contributed by atoms with Crippen molar-refractivity contribution in [3.8, 4) is 5.75 Å². The molecule has 0 aliphatic heterocycles. The van der Waals surface area contributed by atoms with Gasteiger partial charge in [-0.15, -0.1) is 10.2 Å². The molecule has 0 radical (unpaired) electrons. The lowest BCUT2D eigenvalue weighted by molar-refractivity contribution is -0.113. The molecule has 2 aromatic carbocycles. The third kappa shape index (κ3) is 5.46. The summed E-state index contributed by atoms with van der Waals surface area (Å²) in [7, 11) is 1.78. The second-order valence-electron chi connectivity index (χ2n) is 5.67. The van der Waals surface area contributed by atoms with E-state index in [2.05, 4.69) is 31.4 Å². The Bertz CT molecular complexity index is 984. The summed E-state index contributed by atoms with van der Waals surface area (Å²) in [5, 5.41) is 11.5. The largest absolute Gasteiger partial charge is 0.486 e. The SMILES string of the molecule is Cn1c(COc2ccc(F)c(Cl)c2)nnc1SCC(=O)Nc1ccc(Br)cc1. The molecular weight excluding hydrogens is 471 g/mol. The summed E-state index contributed by atoms with van der Waals surface area (Å²) in [4.78, 5) is 12.1. The van der Waals surface area contributed by atoms with Gasteiger partial charge in [0.2, 0.25) is 5.91 Å². The van der Waals surface area contributed by atoms with E-state index in [0.29, 0.717) is 16.7 Å². The number of carbonyl (C=O) groups excluding carboxylic acids is 1. The van der Waals surface area contributed by atoms with Crippen LogP contribution in [0.2, 0.25) is 5.02 Å². The summed E-state index contributed by atoms with van der Waals surface area (Å²) in [6.07, 6.45) is 0. The minimum atomic E-state index is -0.507. The highest BCUT2D eigenvalue weighted by Gasteiger charge is 2.12.